The minimum Gasteiger partial charge on any atom is -0.453 e. The molecule has 0 atom stereocenters. The topological polar surface area (TPSA) is 107 Å². The van der Waals surface area contributed by atoms with Crippen molar-refractivity contribution in [2.45, 2.75) is 6.92 Å². The molecule has 10 heteroatoms. The summed E-state index contributed by atoms with van der Waals surface area (Å²) in [6.45, 7) is 1.76. The number of aryl methyl sites for hydroxylation is 1. The zero-order valence-electron chi connectivity index (χ0n) is 14.0. The van der Waals surface area contributed by atoms with Gasteiger partial charge in [0.1, 0.15) is 23.7 Å². The van der Waals surface area contributed by atoms with Gasteiger partial charge in [-0.05, 0) is 25.1 Å². The van der Waals surface area contributed by atoms with Gasteiger partial charge in [-0.3, -0.25) is 9.20 Å². The second kappa shape index (κ2) is 6.75. The molecule has 0 bridgehead atoms. The van der Waals surface area contributed by atoms with E-state index in [0.29, 0.717) is 23.0 Å². The molecule has 1 N–H and O–H groups in total. The summed E-state index contributed by atoms with van der Waals surface area (Å²) in [4.78, 5) is 24.4. The standard InChI is InChI=1S/C17H12FN7O2.H2/c1-10-19-6-12(7-20-10)27-11-5-13(16-24-21-9-25(16)8-11)17(26)23-15-4-2-3-14(18)22-15;/h2-9H,1H3,(H,22,23,26);1H. The van der Waals surface area contributed by atoms with Gasteiger partial charge in [-0.2, -0.15) is 4.39 Å². The van der Waals surface area contributed by atoms with Gasteiger partial charge in [0.25, 0.3) is 5.91 Å². The Balaban J connectivity index is 0.00000225. The molecule has 0 aromatic carbocycles. The van der Waals surface area contributed by atoms with Crippen LogP contribution in [0.15, 0.2) is 49.2 Å². The van der Waals surface area contributed by atoms with Crippen LogP contribution in [0.2, 0.25) is 0 Å². The van der Waals surface area contributed by atoms with E-state index in [1.54, 1.807) is 13.1 Å². The number of hydrogen-bond donors (Lipinski definition) is 1. The fraction of sp³-hybridized carbons (Fsp3) is 0.0588. The lowest BCUT2D eigenvalue weighted by Crippen LogP contribution is -2.15. The Hall–Kier alpha value is -3.95. The van der Waals surface area contributed by atoms with Crippen molar-refractivity contribution in [1.82, 2.24) is 29.5 Å². The molecule has 4 heterocycles. The van der Waals surface area contributed by atoms with Crippen LogP contribution in [0.5, 0.6) is 11.5 Å². The Morgan fingerprint density at radius 1 is 1.26 bits per heavy atom. The fourth-order valence-electron chi connectivity index (χ4n) is 2.37. The van der Waals surface area contributed by atoms with Crippen LogP contribution < -0.4 is 10.1 Å². The zero-order valence-corrected chi connectivity index (χ0v) is 14.0. The quantitative estimate of drug-likeness (QED) is 0.553. The summed E-state index contributed by atoms with van der Waals surface area (Å²) in [6, 6.07) is 5.61. The number of carbonyl (C=O) groups excluding carboxylic acids is 1. The van der Waals surface area contributed by atoms with Gasteiger partial charge >= 0.3 is 0 Å². The normalized spacial score (nSPS) is 10.7. The minimum atomic E-state index is -0.697. The summed E-state index contributed by atoms with van der Waals surface area (Å²) in [5.74, 6) is 0.224. The Morgan fingerprint density at radius 3 is 2.85 bits per heavy atom. The van der Waals surface area contributed by atoms with Gasteiger partial charge in [0.15, 0.2) is 11.4 Å². The van der Waals surface area contributed by atoms with Crippen molar-refractivity contribution in [3.05, 3.63) is 66.5 Å². The first-order chi connectivity index (χ1) is 13.1. The Morgan fingerprint density at radius 2 is 2.07 bits per heavy atom. The van der Waals surface area contributed by atoms with E-state index in [4.69, 9.17) is 4.74 Å². The highest BCUT2D eigenvalue weighted by atomic mass is 19.1. The molecule has 0 aliphatic heterocycles. The fourth-order valence-corrected chi connectivity index (χ4v) is 2.37. The Labute approximate surface area is 153 Å². The number of rotatable bonds is 4. The molecule has 0 saturated carbocycles. The highest BCUT2D eigenvalue weighted by Crippen LogP contribution is 2.23. The van der Waals surface area contributed by atoms with Gasteiger partial charge in [-0.25, -0.2) is 15.0 Å². The number of anilines is 1. The molecule has 27 heavy (non-hydrogen) atoms. The van der Waals surface area contributed by atoms with E-state index >= 15 is 0 Å². The zero-order chi connectivity index (χ0) is 18.8. The molecule has 4 rings (SSSR count). The van der Waals surface area contributed by atoms with Gasteiger partial charge < -0.3 is 10.1 Å². The maximum absolute atomic E-state index is 13.2. The molecule has 4 aromatic rings. The van der Waals surface area contributed by atoms with Crippen molar-refractivity contribution in [1.29, 1.82) is 0 Å². The van der Waals surface area contributed by atoms with Crippen molar-refractivity contribution < 1.29 is 15.3 Å². The molecular weight excluding hydrogens is 353 g/mol. The summed E-state index contributed by atoms with van der Waals surface area (Å²) in [5, 5.41) is 10.3. The predicted molar refractivity (Wildman–Crippen MR) is 94.1 cm³/mol. The summed E-state index contributed by atoms with van der Waals surface area (Å²) >= 11 is 0. The van der Waals surface area contributed by atoms with Crippen molar-refractivity contribution in [3.8, 4) is 11.5 Å². The van der Waals surface area contributed by atoms with Gasteiger partial charge in [0.05, 0.1) is 24.2 Å². The second-order valence-corrected chi connectivity index (χ2v) is 5.52. The van der Waals surface area contributed by atoms with Crippen molar-refractivity contribution in [2.75, 3.05) is 5.32 Å². The highest BCUT2D eigenvalue weighted by Gasteiger charge is 2.16. The SMILES string of the molecule is Cc1ncc(Oc2cc(C(=O)Nc3cccc(F)n3)c3nncn3c2)cn1.[HH]. The third-order valence-corrected chi connectivity index (χ3v) is 3.56. The van der Waals surface area contributed by atoms with Crippen LogP contribution in [0.3, 0.4) is 0 Å². The molecular formula is C17H14FN7O2. The largest absolute Gasteiger partial charge is 0.453 e. The lowest BCUT2D eigenvalue weighted by molar-refractivity contribution is 0.102. The second-order valence-electron chi connectivity index (χ2n) is 5.52. The molecule has 0 unspecified atom stereocenters. The number of aromatic nitrogens is 6. The van der Waals surface area contributed by atoms with Gasteiger partial charge in [0.2, 0.25) is 5.95 Å². The first kappa shape index (κ1) is 16.5. The van der Waals surface area contributed by atoms with Crippen molar-refractivity contribution in [3.63, 3.8) is 0 Å². The van der Waals surface area contributed by atoms with Crippen LogP contribution >= 0.6 is 0 Å². The number of nitrogens with zero attached hydrogens (tertiary/aromatic N) is 6. The average Bonchev–Trinajstić information content (AvgIpc) is 3.11. The van der Waals surface area contributed by atoms with Crippen LogP contribution in [0.1, 0.15) is 17.6 Å². The number of hydrogen-bond acceptors (Lipinski definition) is 7. The van der Waals surface area contributed by atoms with Crippen LogP contribution in [-0.4, -0.2) is 35.5 Å². The van der Waals surface area contributed by atoms with Crippen molar-refractivity contribution in [2.24, 2.45) is 0 Å². The number of nitrogens with one attached hydrogen (secondary N) is 1. The highest BCUT2D eigenvalue weighted by molar-refractivity contribution is 6.08. The van der Waals surface area contributed by atoms with Gasteiger partial charge in [-0.15, -0.1) is 10.2 Å². The lowest BCUT2D eigenvalue weighted by atomic mass is 10.2. The first-order valence-electron chi connectivity index (χ1n) is 7.82. The summed E-state index contributed by atoms with van der Waals surface area (Å²) < 4.78 is 20.5. The molecule has 9 nitrogen and oxygen atoms in total. The van der Waals surface area contributed by atoms with E-state index in [0.717, 1.165) is 0 Å². The number of pyridine rings is 2. The number of ether oxygens (including phenoxy) is 1. The molecule has 0 aliphatic rings. The van der Waals surface area contributed by atoms with Gasteiger partial charge in [0, 0.05) is 1.43 Å². The number of amides is 1. The third-order valence-electron chi connectivity index (χ3n) is 3.56. The predicted octanol–water partition coefficient (Wildman–Crippen LogP) is 2.65. The molecule has 0 spiro atoms. The van der Waals surface area contributed by atoms with Crippen LogP contribution in [0.4, 0.5) is 10.2 Å². The van der Waals surface area contributed by atoms with Crippen LogP contribution in [0, 0.1) is 12.9 Å². The Kier molecular flexibility index (Phi) is 4.13. The monoisotopic (exact) mass is 367 g/mol. The number of halogens is 1. The number of fused-ring (bicyclic) bond motifs is 1. The van der Waals surface area contributed by atoms with Crippen LogP contribution in [0.25, 0.3) is 5.65 Å². The first-order valence-corrected chi connectivity index (χ1v) is 7.82. The average molecular weight is 367 g/mol. The maximum Gasteiger partial charge on any atom is 0.260 e. The minimum absolute atomic E-state index is 0. The Bertz CT molecular complexity index is 1130. The number of carbonyl (C=O) groups is 1. The molecule has 1 amide bonds. The molecule has 0 fully saturated rings. The smallest absolute Gasteiger partial charge is 0.260 e. The van der Waals surface area contributed by atoms with Crippen molar-refractivity contribution >= 4 is 17.4 Å². The summed E-state index contributed by atoms with van der Waals surface area (Å²) in [6.07, 6.45) is 6.10. The molecule has 0 aliphatic carbocycles. The third kappa shape index (κ3) is 3.54. The van der Waals surface area contributed by atoms with E-state index in [2.05, 4.69) is 30.5 Å². The maximum atomic E-state index is 13.2. The molecule has 0 saturated heterocycles. The van der Waals surface area contributed by atoms with Gasteiger partial charge in [-0.1, -0.05) is 6.07 Å². The molecule has 4 aromatic heterocycles. The van der Waals surface area contributed by atoms with Crippen LogP contribution in [-0.2, 0) is 0 Å². The van der Waals surface area contributed by atoms with E-state index in [-0.39, 0.29) is 12.8 Å². The molecule has 0 radical (unpaired) electrons. The van der Waals surface area contributed by atoms with E-state index in [9.17, 15) is 9.18 Å². The summed E-state index contributed by atoms with van der Waals surface area (Å²) in [7, 11) is 0. The van der Waals surface area contributed by atoms with E-state index in [1.165, 1.54) is 47.4 Å². The van der Waals surface area contributed by atoms with E-state index in [1.807, 2.05) is 0 Å². The summed E-state index contributed by atoms with van der Waals surface area (Å²) in [5.41, 5.74) is 0.500. The molecule has 136 valence electrons. The lowest BCUT2D eigenvalue weighted by Gasteiger charge is -2.09. The van der Waals surface area contributed by atoms with E-state index < -0.39 is 11.9 Å².